The number of hydrogen-bond acceptors (Lipinski definition) is 5. The van der Waals surface area contributed by atoms with E-state index in [2.05, 4.69) is 33.0 Å². The smallest absolute Gasteiger partial charge is 0.320 e. The zero-order chi connectivity index (χ0) is 30.9. The second-order valence-electron chi connectivity index (χ2n) is 13.3. The van der Waals surface area contributed by atoms with Gasteiger partial charge in [0, 0.05) is 19.6 Å². The monoisotopic (exact) mass is 594 g/mol. The number of carbonyl (C=O) groups excluding carboxylic acids is 1. The Bertz CT molecular complexity index is 1400. The number of benzene rings is 2. The molecule has 3 aromatic rings. The van der Waals surface area contributed by atoms with Gasteiger partial charge >= 0.3 is 6.03 Å². The van der Waals surface area contributed by atoms with Crippen LogP contribution >= 0.6 is 0 Å². The van der Waals surface area contributed by atoms with E-state index in [1.54, 1.807) is 4.68 Å². The lowest BCUT2D eigenvalue weighted by atomic mass is 9.84. The average molecular weight is 595 g/mol. The summed E-state index contributed by atoms with van der Waals surface area (Å²) in [6.45, 7) is 16.0. The molecular weight excluding hydrogens is 550 g/mol. The zero-order valence-electron chi connectivity index (χ0n) is 26.1. The van der Waals surface area contributed by atoms with E-state index in [4.69, 9.17) is 14.8 Å². The molecule has 1 aromatic heterocycles. The average Bonchev–Trinajstić information content (AvgIpc) is 3.54. The van der Waals surface area contributed by atoms with E-state index in [1.165, 1.54) is 0 Å². The van der Waals surface area contributed by atoms with Crippen LogP contribution in [0, 0.1) is 28.9 Å². The molecule has 3 heterocycles. The van der Waals surface area contributed by atoms with Crippen LogP contribution in [0.5, 0.6) is 0 Å². The molecule has 1 N–H and O–H groups in total. The highest BCUT2D eigenvalue weighted by molar-refractivity contribution is 5.75. The molecule has 2 fully saturated rings. The van der Waals surface area contributed by atoms with E-state index in [9.17, 15) is 9.18 Å². The van der Waals surface area contributed by atoms with E-state index >= 15 is 4.39 Å². The maximum Gasteiger partial charge on any atom is 0.320 e. The molecule has 0 unspecified atom stereocenters. The van der Waals surface area contributed by atoms with Gasteiger partial charge in [-0.1, -0.05) is 58.0 Å². The van der Waals surface area contributed by atoms with E-state index in [-0.39, 0.29) is 35.5 Å². The van der Waals surface area contributed by atoms with Crippen molar-refractivity contribution >= 4 is 6.03 Å². The molecule has 2 aliphatic heterocycles. The third-order valence-electron chi connectivity index (χ3n) is 8.47. The van der Waals surface area contributed by atoms with Crippen molar-refractivity contribution in [3.05, 3.63) is 71.6 Å². The van der Waals surface area contributed by atoms with Gasteiger partial charge in [-0.25, -0.2) is 23.2 Å². The fourth-order valence-corrected chi connectivity index (χ4v) is 6.38. The minimum Gasteiger partial charge on any atom is -0.372 e. The standard InChI is InChI=1S/C33H44F2N6O2/c1-21-15-36-16-25(21)20-40(32(42)39-17-22(2)43-23(3)18-39)29(33(4,5)6)31-37-30(27-14-26(34)12-13-28(27)35)38-41(31)19-24-10-8-7-9-11-24/h7-14,21-23,25,29,36H,15-20H2,1-6H3/t21-,22-,23+,25-,29-/m0/s1. The Kier molecular flexibility index (Phi) is 9.18. The molecule has 2 amide bonds. The van der Waals surface area contributed by atoms with Gasteiger partial charge in [0.25, 0.3) is 0 Å². The molecule has 5 atom stereocenters. The number of aromatic nitrogens is 3. The fourth-order valence-electron chi connectivity index (χ4n) is 6.38. The predicted molar refractivity (Wildman–Crippen MR) is 162 cm³/mol. The van der Waals surface area contributed by atoms with Gasteiger partial charge in [-0.05, 0) is 68.0 Å². The molecule has 0 spiro atoms. The molecular formula is C33H44F2N6O2. The summed E-state index contributed by atoms with van der Waals surface area (Å²) in [5, 5.41) is 8.23. The number of halogens is 2. The van der Waals surface area contributed by atoms with Crippen LogP contribution in [-0.2, 0) is 11.3 Å². The van der Waals surface area contributed by atoms with Gasteiger partial charge in [0.05, 0.1) is 30.4 Å². The van der Waals surface area contributed by atoms with E-state index in [1.807, 2.05) is 54.0 Å². The lowest BCUT2D eigenvalue weighted by molar-refractivity contribution is -0.0619. The summed E-state index contributed by atoms with van der Waals surface area (Å²) < 4.78 is 37.0. The number of morpholine rings is 1. The number of hydrogen-bond donors (Lipinski definition) is 1. The summed E-state index contributed by atoms with van der Waals surface area (Å²) in [4.78, 5) is 23.3. The van der Waals surface area contributed by atoms with Crippen LogP contribution in [0.3, 0.4) is 0 Å². The molecule has 8 nitrogen and oxygen atoms in total. The Labute approximate surface area is 253 Å². The minimum absolute atomic E-state index is 0.0111. The molecule has 0 saturated carbocycles. The number of nitrogens with zero attached hydrogens (tertiary/aromatic N) is 5. The topological polar surface area (TPSA) is 75.5 Å². The van der Waals surface area contributed by atoms with Gasteiger partial charge in [0.15, 0.2) is 11.6 Å². The largest absolute Gasteiger partial charge is 0.372 e. The van der Waals surface area contributed by atoms with Crippen LogP contribution in [0.15, 0.2) is 48.5 Å². The van der Waals surface area contributed by atoms with Crippen molar-refractivity contribution in [3.8, 4) is 11.4 Å². The van der Waals surface area contributed by atoms with Gasteiger partial charge in [-0.15, -0.1) is 0 Å². The molecule has 5 rings (SSSR count). The molecule has 0 radical (unpaired) electrons. The Hall–Kier alpha value is -3.37. The van der Waals surface area contributed by atoms with Crippen molar-refractivity contribution < 1.29 is 18.3 Å². The van der Waals surface area contributed by atoms with Crippen molar-refractivity contribution in [2.24, 2.45) is 17.3 Å². The second-order valence-corrected chi connectivity index (χ2v) is 13.3. The molecule has 43 heavy (non-hydrogen) atoms. The Morgan fingerprint density at radius 3 is 2.40 bits per heavy atom. The molecule has 2 aromatic carbocycles. The number of nitrogens with one attached hydrogen (secondary N) is 1. The molecule has 0 aliphatic carbocycles. The molecule has 2 aliphatic rings. The first-order chi connectivity index (χ1) is 20.4. The molecule has 232 valence electrons. The van der Waals surface area contributed by atoms with Crippen molar-refractivity contribution in [1.82, 2.24) is 29.9 Å². The first-order valence-electron chi connectivity index (χ1n) is 15.3. The summed E-state index contributed by atoms with van der Waals surface area (Å²) in [6, 6.07) is 12.5. The van der Waals surface area contributed by atoms with Crippen LogP contribution in [-0.4, -0.2) is 75.5 Å². The summed E-state index contributed by atoms with van der Waals surface area (Å²) in [5.74, 6) is 0.0883. The summed E-state index contributed by atoms with van der Waals surface area (Å²) >= 11 is 0. The summed E-state index contributed by atoms with van der Waals surface area (Å²) in [7, 11) is 0. The summed E-state index contributed by atoms with van der Waals surface area (Å²) in [6.07, 6.45) is -0.169. The lowest BCUT2D eigenvalue weighted by Gasteiger charge is -2.45. The lowest BCUT2D eigenvalue weighted by Crippen LogP contribution is -2.56. The van der Waals surface area contributed by atoms with Crippen LogP contribution in [0.1, 0.15) is 59.0 Å². The summed E-state index contributed by atoms with van der Waals surface area (Å²) in [5.41, 5.74) is 0.492. The third kappa shape index (κ3) is 7.07. The van der Waals surface area contributed by atoms with Gasteiger partial charge < -0.3 is 19.9 Å². The third-order valence-corrected chi connectivity index (χ3v) is 8.47. The molecule has 0 bridgehead atoms. The zero-order valence-corrected chi connectivity index (χ0v) is 26.1. The van der Waals surface area contributed by atoms with Crippen molar-refractivity contribution in [2.75, 3.05) is 32.7 Å². The van der Waals surface area contributed by atoms with Crippen LogP contribution in [0.4, 0.5) is 13.6 Å². The van der Waals surface area contributed by atoms with E-state index in [0.717, 1.165) is 36.9 Å². The Morgan fingerprint density at radius 2 is 1.77 bits per heavy atom. The number of urea groups is 1. The highest BCUT2D eigenvalue weighted by Gasteiger charge is 2.43. The number of rotatable bonds is 7. The highest BCUT2D eigenvalue weighted by atomic mass is 19.1. The fraction of sp³-hybridized carbons (Fsp3) is 0.545. The van der Waals surface area contributed by atoms with E-state index < -0.39 is 23.1 Å². The molecule has 2 saturated heterocycles. The van der Waals surface area contributed by atoms with Crippen molar-refractivity contribution in [3.63, 3.8) is 0 Å². The van der Waals surface area contributed by atoms with Crippen LogP contribution in [0.25, 0.3) is 11.4 Å². The number of amides is 2. The van der Waals surface area contributed by atoms with Gasteiger partial charge in [-0.3, -0.25) is 0 Å². The number of carbonyl (C=O) groups is 1. The maximum absolute atomic E-state index is 15.0. The Morgan fingerprint density at radius 1 is 1.07 bits per heavy atom. The van der Waals surface area contributed by atoms with Gasteiger partial charge in [0.2, 0.25) is 0 Å². The SMILES string of the molecule is C[C@@H]1CN(C(=O)N(C[C@@H]2CNC[C@@H]2C)[C@@H](c2nc(-c3cc(F)ccc3F)nn2Cc2ccccc2)C(C)(C)C)C[C@H](C)O1. The van der Waals surface area contributed by atoms with E-state index in [0.29, 0.717) is 37.9 Å². The van der Waals surface area contributed by atoms with Gasteiger partial charge in [-0.2, -0.15) is 5.10 Å². The second kappa shape index (κ2) is 12.7. The normalized spacial score (nSPS) is 23.4. The minimum atomic E-state index is -0.604. The van der Waals surface area contributed by atoms with Crippen LogP contribution < -0.4 is 5.32 Å². The quantitative estimate of drug-likeness (QED) is 0.377. The maximum atomic E-state index is 15.0. The van der Waals surface area contributed by atoms with Gasteiger partial charge in [0.1, 0.15) is 11.6 Å². The Balaban J connectivity index is 1.65. The first kappa shape index (κ1) is 31.1. The van der Waals surface area contributed by atoms with Crippen molar-refractivity contribution in [1.29, 1.82) is 0 Å². The van der Waals surface area contributed by atoms with Crippen molar-refractivity contribution in [2.45, 2.75) is 66.3 Å². The number of ether oxygens (including phenoxy) is 1. The first-order valence-corrected chi connectivity index (χ1v) is 15.3. The van der Waals surface area contributed by atoms with Crippen LogP contribution in [0.2, 0.25) is 0 Å². The highest BCUT2D eigenvalue weighted by Crippen LogP contribution is 2.40. The predicted octanol–water partition coefficient (Wildman–Crippen LogP) is 5.75. The molecule has 10 heteroatoms.